The first-order valence-electron chi connectivity index (χ1n) is 6.90. The Morgan fingerprint density at radius 3 is 2.50 bits per heavy atom. The number of likely N-dealkylation sites (N-methyl/N-ethyl adjacent to an activating group) is 2. The van der Waals surface area contributed by atoms with Crippen LogP contribution in [0.15, 0.2) is 18.2 Å². The van der Waals surface area contributed by atoms with Crippen LogP contribution < -0.4 is 10.5 Å². The van der Waals surface area contributed by atoms with Crippen LogP contribution in [0.25, 0.3) is 0 Å². The zero-order valence-electron chi connectivity index (χ0n) is 12.8. The molecule has 0 saturated carbocycles. The van der Waals surface area contributed by atoms with Crippen molar-refractivity contribution in [3.05, 3.63) is 23.8 Å². The molecule has 0 aliphatic carbocycles. The van der Waals surface area contributed by atoms with Gasteiger partial charge in [-0.1, -0.05) is 6.07 Å². The number of methoxy groups -OCH3 is 1. The summed E-state index contributed by atoms with van der Waals surface area (Å²) in [5, 5.41) is 0. The number of benzene rings is 1. The normalized spacial score (nSPS) is 10.7. The Bertz CT molecular complexity index is 445. The summed E-state index contributed by atoms with van der Waals surface area (Å²) in [7, 11) is 3.55. The minimum atomic E-state index is 0.145. The van der Waals surface area contributed by atoms with Gasteiger partial charge in [0.15, 0.2) is 0 Å². The van der Waals surface area contributed by atoms with E-state index in [0.717, 1.165) is 24.4 Å². The summed E-state index contributed by atoms with van der Waals surface area (Å²) < 4.78 is 5.32. The van der Waals surface area contributed by atoms with Crippen molar-refractivity contribution in [2.45, 2.75) is 20.4 Å². The van der Waals surface area contributed by atoms with Gasteiger partial charge < -0.3 is 15.4 Å². The van der Waals surface area contributed by atoms with Crippen LogP contribution >= 0.6 is 0 Å². The van der Waals surface area contributed by atoms with Crippen LogP contribution in [0.4, 0.5) is 5.69 Å². The minimum absolute atomic E-state index is 0.145. The Labute approximate surface area is 121 Å². The van der Waals surface area contributed by atoms with E-state index in [2.05, 4.69) is 0 Å². The van der Waals surface area contributed by atoms with Crippen molar-refractivity contribution < 1.29 is 9.53 Å². The zero-order valence-corrected chi connectivity index (χ0v) is 12.8. The van der Waals surface area contributed by atoms with E-state index in [9.17, 15) is 4.79 Å². The minimum Gasteiger partial charge on any atom is -0.496 e. The molecule has 0 spiro atoms. The molecule has 0 atom stereocenters. The van der Waals surface area contributed by atoms with Crippen LogP contribution in [0.3, 0.4) is 0 Å². The van der Waals surface area contributed by atoms with Crippen molar-refractivity contribution in [2.24, 2.45) is 0 Å². The van der Waals surface area contributed by atoms with Crippen molar-refractivity contribution >= 4 is 11.6 Å². The number of amides is 1. The van der Waals surface area contributed by atoms with Gasteiger partial charge in [-0.3, -0.25) is 9.69 Å². The molecule has 112 valence electrons. The van der Waals surface area contributed by atoms with Gasteiger partial charge in [0.1, 0.15) is 5.75 Å². The third-order valence-corrected chi connectivity index (χ3v) is 3.27. The lowest BCUT2D eigenvalue weighted by molar-refractivity contribution is -0.131. The maximum Gasteiger partial charge on any atom is 0.236 e. The number of hydrogen-bond acceptors (Lipinski definition) is 4. The van der Waals surface area contributed by atoms with E-state index in [4.69, 9.17) is 10.5 Å². The molecule has 0 fully saturated rings. The van der Waals surface area contributed by atoms with Crippen LogP contribution in [0, 0.1) is 0 Å². The molecule has 5 nitrogen and oxygen atoms in total. The molecule has 5 heteroatoms. The molecule has 20 heavy (non-hydrogen) atoms. The van der Waals surface area contributed by atoms with Crippen molar-refractivity contribution in [3.8, 4) is 5.75 Å². The highest BCUT2D eigenvalue weighted by molar-refractivity contribution is 5.78. The molecular weight excluding hydrogens is 254 g/mol. The third-order valence-electron chi connectivity index (χ3n) is 3.27. The van der Waals surface area contributed by atoms with Gasteiger partial charge in [-0.05, 0) is 27.0 Å². The van der Waals surface area contributed by atoms with Crippen molar-refractivity contribution in [1.29, 1.82) is 0 Å². The number of carbonyl (C=O) groups is 1. The highest BCUT2D eigenvalue weighted by Crippen LogP contribution is 2.22. The first-order chi connectivity index (χ1) is 9.51. The molecule has 1 amide bonds. The van der Waals surface area contributed by atoms with Gasteiger partial charge in [0.05, 0.1) is 13.7 Å². The highest BCUT2D eigenvalue weighted by atomic mass is 16.5. The number of nitrogens with two attached hydrogens (primary N) is 1. The fraction of sp³-hybridized carbons (Fsp3) is 0.533. The number of nitrogens with zero attached hydrogens (tertiary/aromatic N) is 2. The van der Waals surface area contributed by atoms with E-state index < -0.39 is 0 Å². The number of ether oxygens (including phenoxy) is 1. The molecule has 1 rings (SSSR count). The smallest absolute Gasteiger partial charge is 0.236 e. The van der Waals surface area contributed by atoms with Gasteiger partial charge in [0, 0.05) is 37.0 Å². The summed E-state index contributed by atoms with van der Waals surface area (Å²) in [4.78, 5) is 15.9. The molecule has 0 aliphatic rings. The second-order valence-electron chi connectivity index (χ2n) is 4.81. The summed E-state index contributed by atoms with van der Waals surface area (Å²) in [6.45, 7) is 6.52. The van der Waals surface area contributed by atoms with Crippen molar-refractivity contribution in [2.75, 3.05) is 39.5 Å². The topological polar surface area (TPSA) is 58.8 Å². The predicted octanol–water partition coefficient (Wildman–Crippen LogP) is 1.58. The average molecular weight is 279 g/mol. The number of anilines is 1. The van der Waals surface area contributed by atoms with E-state index in [-0.39, 0.29) is 5.91 Å². The molecule has 0 bridgehead atoms. The monoisotopic (exact) mass is 279 g/mol. The van der Waals surface area contributed by atoms with Gasteiger partial charge >= 0.3 is 0 Å². The average Bonchev–Trinajstić information content (AvgIpc) is 2.42. The second-order valence-corrected chi connectivity index (χ2v) is 4.81. The van der Waals surface area contributed by atoms with E-state index in [1.54, 1.807) is 13.2 Å². The fourth-order valence-corrected chi connectivity index (χ4v) is 2.15. The number of rotatable bonds is 7. The lowest BCUT2D eigenvalue weighted by Gasteiger charge is -2.23. The van der Waals surface area contributed by atoms with Crippen LogP contribution in [-0.2, 0) is 11.3 Å². The lowest BCUT2D eigenvalue weighted by atomic mass is 10.1. The van der Waals surface area contributed by atoms with Crippen molar-refractivity contribution in [1.82, 2.24) is 9.80 Å². The summed E-state index contributed by atoms with van der Waals surface area (Å²) in [6, 6.07) is 5.58. The Balaban J connectivity index is 2.66. The van der Waals surface area contributed by atoms with E-state index in [1.165, 1.54) is 0 Å². The van der Waals surface area contributed by atoms with Gasteiger partial charge in [-0.2, -0.15) is 0 Å². The first kappa shape index (κ1) is 16.3. The number of hydrogen-bond donors (Lipinski definition) is 1. The Morgan fingerprint density at radius 1 is 1.30 bits per heavy atom. The molecule has 2 N–H and O–H groups in total. The first-order valence-corrected chi connectivity index (χ1v) is 6.90. The van der Waals surface area contributed by atoms with Crippen LogP contribution in [-0.4, -0.2) is 49.5 Å². The molecule has 1 aromatic rings. The predicted molar refractivity (Wildman–Crippen MR) is 81.7 cm³/mol. The molecular formula is C15H25N3O2. The number of nitrogen functional groups attached to an aromatic ring is 1. The molecule has 0 aromatic heterocycles. The Kier molecular flexibility index (Phi) is 6.31. The van der Waals surface area contributed by atoms with Crippen LogP contribution in [0.5, 0.6) is 5.75 Å². The molecule has 0 heterocycles. The van der Waals surface area contributed by atoms with E-state index in [0.29, 0.717) is 18.8 Å². The molecule has 0 unspecified atom stereocenters. The van der Waals surface area contributed by atoms with Gasteiger partial charge in [-0.15, -0.1) is 0 Å². The summed E-state index contributed by atoms with van der Waals surface area (Å²) in [5.74, 6) is 0.902. The highest BCUT2D eigenvalue weighted by Gasteiger charge is 2.14. The molecule has 0 aliphatic heterocycles. The van der Waals surface area contributed by atoms with Gasteiger partial charge in [0.25, 0.3) is 0 Å². The quantitative estimate of drug-likeness (QED) is 0.770. The Morgan fingerprint density at radius 2 is 1.95 bits per heavy atom. The van der Waals surface area contributed by atoms with Gasteiger partial charge in [-0.25, -0.2) is 0 Å². The SMILES string of the molecule is CCN(CC)C(=O)CN(C)Cc1ccc(N)cc1OC. The molecule has 0 saturated heterocycles. The molecule has 1 aromatic carbocycles. The summed E-state index contributed by atoms with van der Waals surface area (Å²) >= 11 is 0. The Hall–Kier alpha value is -1.75. The second kappa shape index (κ2) is 7.75. The third kappa shape index (κ3) is 4.42. The van der Waals surface area contributed by atoms with Crippen LogP contribution in [0.2, 0.25) is 0 Å². The van der Waals surface area contributed by atoms with Crippen LogP contribution in [0.1, 0.15) is 19.4 Å². The lowest BCUT2D eigenvalue weighted by Crippen LogP contribution is -2.38. The van der Waals surface area contributed by atoms with Crippen molar-refractivity contribution in [3.63, 3.8) is 0 Å². The largest absolute Gasteiger partial charge is 0.496 e. The summed E-state index contributed by atoms with van der Waals surface area (Å²) in [6.07, 6.45) is 0. The zero-order chi connectivity index (χ0) is 15.1. The summed E-state index contributed by atoms with van der Waals surface area (Å²) in [5.41, 5.74) is 7.43. The maximum absolute atomic E-state index is 12.0. The van der Waals surface area contributed by atoms with E-state index in [1.807, 2.05) is 42.8 Å². The maximum atomic E-state index is 12.0. The molecule has 0 radical (unpaired) electrons. The standard InChI is InChI=1S/C15H25N3O2/c1-5-18(6-2)15(19)11-17(3)10-12-7-8-13(16)9-14(12)20-4/h7-9H,5-6,10-11,16H2,1-4H3. The van der Waals surface area contributed by atoms with Gasteiger partial charge in [0.2, 0.25) is 5.91 Å². The van der Waals surface area contributed by atoms with E-state index >= 15 is 0 Å². The number of carbonyl (C=O) groups excluding carboxylic acids is 1. The fourth-order valence-electron chi connectivity index (χ4n) is 2.15.